The average Bonchev–Trinajstić information content (AvgIpc) is 3.38. The second-order valence-corrected chi connectivity index (χ2v) is 8.92. The Labute approximate surface area is 205 Å². The summed E-state index contributed by atoms with van der Waals surface area (Å²) in [4.78, 5) is 24.6. The predicted octanol–water partition coefficient (Wildman–Crippen LogP) is 5.16. The summed E-state index contributed by atoms with van der Waals surface area (Å²) >= 11 is 0. The van der Waals surface area contributed by atoms with Gasteiger partial charge >= 0.3 is 6.18 Å². The second-order valence-electron chi connectivity index (χ2n) is 8.92. The lowest BCUT2D eigenvalue weighted by Crippen LogP contribution is -2.20. The molecule has 0 bridgehead atoms. The summed E-state index contributed by atoms with van der Waals surface area (Å²) in [5, 5.41) is 3.90. The van der Waals surface area contributed by atoms with Gasteiger partial charge in [0.1, 0.15) is 23.8 Å². The molecule has 0 radical (unpaired) electrons. The number of anilines is 3. The highest BCUT2D eigenvalue weighted by Gasteiger charge is 2.31. The molecule has 4 heterocycles. The molecule has 8 nitrogen and oxygen atoms in total. The van der Waals surface area contributed by atoms with Crippen molar-refractivity contribution in [3.63, 3.8) is 0 Å². The van der Waals surface area contributed by atoms with Crippen LogP contribution in [-0.4, -0.2) is 38.0 Å². The number of aromatic nitrogens is 5. The molecule has 11 heteroatoms. The summed E-state index contributed by atoms with van der Waals surface area (Å²) in [6, 6.07) is 4.98. The lowest BCUT2D eigenvalue weighted by Gasteiger charge is -2.22. The molecule has 1 saturated heterocycles. The van der Waals surface area contributed by atoms with E-state index in [1.807, 2.05) is 6.07 Å². The molecule has 0 spiro atoms. The number of nitrogens with one attached hydrogen (secondary N) is 1. The van der Waals surface area contributed by atoms with Crippen LogP contribution >= 0.6 is 0 Å². The lowest BCUT2D eigenvalue weighted by molar-refractivity contribution is -0.137. The fourth-order valence-corrected chi connectivity index (χ4v) is 4.46. The predicted molar refractivity (Wildman–Crippen MR) is 132 cm³/mol. The maximum absolute atomic E-state index is 13.4. The van der Waals surface area contributed by atoms with E-state index < -0.39 is 17.8 Å². The standard InChI is InChI=1S/C25H25F3N8/c1-14(16-7-18(25(26,27)28)9-19(29)8-16)32-22-21-10-20(17-11-30-13-31-12-17)24(36-5-3-4-6-36)35-23(21)34-15(2)33-22/h7-14H,3-6,29H2,1-2H3,(H,32,33,34,35)/t14-/m1/s1. The molecule has 3 aromatic heterocycles. The van der Waals surface area contributed by atoms with Gasteiger partial charge in [0.25, 0.3) is 0 Å². The first-order chi connectivity index (χ1) is 17.2. The van der Waals surface area contributed by atoms with E-state index >= 15 is 0 Å². The van der Waals surface area contributed by atoms with E-state index in [9.17, 15) is 13.2 Å². The molecular weight excluding hydrogens is 469 g/mol. The van der Waals surface area contributed by atoms with Gasteiger partial charge in [-0.3, -0.25) is 0 Å². The van der Waals surface area contributed by atoms with Crippen LogP contribution in [0, 0.1) is 6.92 Å². The summed E-state index contributed by atoms with van der Waals surface area (Å²) in [7, 11) is 0. The van der Waals surface area contributed by atoms with Crippen molar-refractivity contribution in [2.45, 2.75) is 38.9 Å². The van der Waals surface area contributed by atoms with Crippen molar-refractivity contribution in [3.8, 4) is 11.1 Å². The number of fused-ring (bicyclic) bond motifs is 1. The van der Waals surface area contributed by atoms with Gasteiger partial charge in [-0.05, 0) is 56.5 Å². The van der Waals surface area contributed by atoms with Gasteiger partial charge in [-0.15, -0.1) is 0 Å². The largest absolute Gasteiger partial charge is 0.416 e. The molecular formula is C25H25F3N8. The Bertz CT molecular complexity index is 1400. The molecule has 1 aliphatic heterocycles. The summed E-state index contributed by atoms with van der Waals surface area (Å²) < 4.78 is 40.1. The fraction of sp³-hybridized carbons (Fsp3) is 0.320. The Morgan fingerprint density at radius 1 is 1.00 bits per heavy atom. The van der Waals surface area contributed by atoms with Gasteiger partial charge in [0.15, 0.2) is 5.65 Å². The molecule has 186 valence electrons. The number of hydrogen-bond donors (Lipinski definition) is 2. The van der Waals surface area contributed by atoms with Crippen molar-refractivity contribution in [3.05, 3.63) is 59.9 Å². The summed E-state index contributed by atoms with van der Waals surface area (Å²) in [5.41, 5.74) is 7.58. The number of alkyl halides is 3. The number of nitrogen functional groups attached to an aromatic ring is 1. The van der Waals surface area contributed by atoms with Crippen molar-refractivity contribution < 1.29 is 13.2 Å². The first-order valence-electron chi connectivity index (χ1n) is 11.6. The minimum Gasteiger partial charge on any atom is -0.399 e. The number of nitrogens with two attached hydrogens (primary N) is 1. The molecule has 1 aliphatic rings. The highest BCUT2D eigenvalue weighted by molar-refractivity contribution is 5.94. The zero-order valence-corrected chi connectivity index (χ0v) is 19.8. The normalized spacial score (nSPS) is 14.9. The summed E-state index contributed by atoms with van der Waals surface area (Å²) in [6.07, 6.45) is 2.59. The van der Waals surface area contributed by atoms with Crippen molar-refractivity contribution in [1.29, 1.82) is 0 Å². The molecule has 1 atom stereocenters. The van der Waals surface area contributed by atoms with Gasteiger partial charge in [0.05, 0.1) is 17.0 Å². The Kier molecular flexibility index (Phi) is 6.07. The minimum atomic E-state index is -4.50. The van der Waals surface area contributed by atoms with Crippen molar-refractivity contribution in [1.82, 2.24) is 24.9 Å². The molecule has 5 rings (SSSR count). The molecule has 0 amide bonds. The first kappa shape index (κ1) is 23.7. The van der Waals surface area contributed by atoms with Crippen LogP contribution in [0.2, 0.25) is 0 Å². The van der Waals surface area contributed by atoms with Crippen LogP contribution in [0.3, 0.4) is 0 Å². The van der Waals surface area contributed by atoms with E-state index in [1.54, 1.807) is 26.2 Å². The quantitative estimate of drug-likeness (QED) is 0.366. The third kappa shape index (κ3) is 4.73. The van der Waals surface area contributed by atoms with E-state index in [-0.39, 0.29) is 5.69 Å². The zero-order chi connectivity index (χ0) is 25.4. The Balaban J connectivity index is 1.61. The third-order valence-electron chi connectivity index (χ3n) is 6.21. The van der Waals surface area contributed by atoms with Crippen LogP contribution in [0.4, 0.5) is 30.5 Å². The maximum Gasteiger partial charge on any atom is 0.416 e. The van der Waals surface area contributed by atoms with Crippen molar-refractivity contribution >= 4 is 28.4 Å². The molecule has 1 fully saturated rings. The topological polar surface area (TPSA) is 106 Å². The Morgan fingerprint density at radius 2 is 1.72 bits per heavy atom. The first-order valence-corrected chi connectivity index (χ1v) is 11.6. The Hall–Kier alpha value is -4.02. The number of hydrogen-bond acceptors (Lipinski definition) is 8. The SMILES string of the molecule is Cc1nc(N[C@H](C)c2cc(N)cc(C(F)(F)F)c2)c2cc(-c3cncnc3)c(N3CCCC3)nc2n1. The Morgan fingerprint density at radius 3 is 2.42 bits per heavy atom. The summed E-state index contributed by atoms with van der Waals surface area (Å²) in [6.45, 7) is 5.30. The number of aryl methyl sites for hydroxylation is 1. The molecule has 0 unspecified atom stereocenters. The smallest absolute Gasteiger partial charge is 0.399 e. The highest BCUT2D eigenvalue weighted by Crippen LogP contribution is 2.37. The van der Waals surface area contributed by atoms with Crippen LogP contribution in [0.5, 0.6) is 0 Å². The van der Waals surface area contributed by atoms with Crippen LogP contribution in [-0.2, 0) is 6.18 Å². The van der Waals surface area contributed by atoms with E-state index in [0.29, 0.717) is 28.2 Å². The molecule has 0 aliphatic carbocycles. The van der Waals surface area contributed by atoms with E-state index in [2.05, 4.69) is 30.2 Å². The molecule has 36 heavy (non-hydrogen) atoms. The molecule has 1 aromatic carbocycles. The van der Waals surface area contributed by atoms with Gasteiger partial charge in [-0.1, -0.05) is 0 Å². The second kappa shape index (κ2) is 9.21. The minimum absolute atomic E-state index is 0.0421. The molecule has 3 N–H and O–H groups in total. The van der Waals surface area contributed by atoms with Crippen LogP contribution in [0.25, 0.3) is 22.2 Å². The summed E-state index contributed by atoms with van der Waals surface area (Å²) in [5.74, 6) is 1.77. The van der Waals surface area contributed by atoms with Gasteiger partial charge in [-0.25, -0.2) is 24.9 Å². The van der Waals surface area contributed by atoms with Crippen LogP contribution in [0.15, 0.2) is 43.0 Å². The van der Waals surface area contributed by atoms with Gasteiger partial charge in [0, 0.05) is 42.3 Å². The highest BCUT2D eigenvalue weighted by atomic mass is 19.4. The van der Waals surface area contributed by atoms with E-state index in [4.69, 9.17) is 10.7 Å². The monoisotopic (exact) mass is 494 g/mol. The number of halogens is 3. The zero-order valence-electron chi connectivity index (χ0n) is 19.8. The van der Waals surface area contributed by atoms with E-state index in [0.717, 1.165) is 55.0 Å². The number of rotatable bonds is 5. The number of nitrogens with zero attached hydrogens (tertiary/aromatic N) is 6. The number of pyridine rings is 1. The number of benzene rings is 1. The molecule has 0 saturated carbocycles. The lowest BCUT2D eigenvalue weighted by atomic mass is 10.0. The van der Waals surface area contributed by atoms with Crippen LogP contribution in [0.1, 0.15) is 42.8 Å². The third-order valence-corrected chi connectivity index (χ3v) is 6.21. The molecule has 4 aromatic rings. The van der Waals surface area contributed by atoms with Gasteiger partial charge < -0.3 is 16.0 Å². The van der Waals surface area contributed by atoms with Gasteiger partial charge in [0.2, 0.25) is 0 Å². The van der Waals surface area contributed by atoms with Crippen LogP contribution < -0.4 is 16.0 Å². The van der Waals surface area contributed by atoms with E-state index in [1.165, 1.54) is 12.4 Å². The van der Waals surface area contributed by atoms with Gasteiger partial charge in [-0.2, -0.15) is 13.2 Å². The van der Waals surface area contributed by atoms with Crippen molar-refractivity contribution in [2.24, 2.45) is 0 Å². The fourth-order valence-electron chi connectivity index (χ4n) is 4.46. The van der Waals surface area contributed by atoms with Crippen molar-refractivity contribution in [2.75, 3.05) is 29.0 Å². The average molecular weight is 495 g/mol. The maximum atomic E-state index is 13.4.